The highest BCUT2D eigenvalue weighted by atomic mass is 32.2. The van der Waals surface area contributed by atoms with E-state index >= 15 is 0 Å². The third-order valence-corrected chi connectivity index (χ3v) is 6.56. The maximum Gasteiger partial charge on any atom is 0.490 e. The summed E-state index contributed by atoms with van der Waals surface area (Å²) < 4.78 is 59.4. The van der Waals surface area contributed by atoms with Crippen LogP contribution in [0.2, 0.25) is 0 Å². The van der Waals surface area contributed by atoms with Crippen LogP contribution in [0.1, 0.15) is 30.9 Å². The van der Waals surface area contributed by atoms with Crippen LogP contribution in [0.5, 0.6) is 0 Å². The number of carboxylic acid groups (broad SMARTS) is 1. The minimum atomic E-state index is -5.08. The summed E-state index contributed by atoms with van der Waals surface area (Å²) in [5.74, 6) is -2.76. The van der Waals surface area contributed by atoms with Crippen LogP contribution in [0.3, 0.4) is 0 Å². The second-order valence-electron chi connectivity index (χ2n) is 7.56. The number of rotatable bonds is 8. The van der Waals surface area contributed by atoms with Gasteiger partial charge in [0.25, 0.3) is 10.0 Å². The number of carboxylic acids is 1. The summed E-state index contributed by atoms with van der Waals surface area (Å²) >= 11 is 0. The molecule has 1 aliphatic carbocycles. The van der Waals surface area contributed by atoms with Gasteiger partial charge in [-0.25, -0.2) is 13.2 Å². The molecule has 184 valence electrons. The molecule has 3 rings (SSSR count). The number of hydrogen-bond donors (Lipinski definition) is 3. The molecule has 0 aromatic heterocycles. The Morgan fingerprint density at radius 3 is 2.03 bits per heavy atom. The second-order valence-corrected chi connectivity index (χ2v) is 9.25. The SMILES string of the molecule is C=CCNC(=O)C1(c2ccc(NS(=O)(=O)c3ccc(CC)cc3)cc2)CC1.O=C(O)C(F)(F)F. The van der Waals surface area contributed by atoms with E-state index in [0.717, 1.165) is 30.4 Å². The van der Waals surface area contributed by atoms with Crippen molar-refractivity contribution in [2.45, 2.75) is 42.7 Å². The number of aryl methyl sites for hydroxylation is 1. The van der Waals surface area contributed by atoms with Crippen molar-refractivity contribution in [2.24, 2.45) is 0 Å². The highest BCUT2D eigenvalue weighted by Crippen LogP contribution is 2.48. The zero-order valence-electron chi connectivity index (χ0n) is 18.4. The van der Waals surface area contributed by atoms with Gasteiger partial charge in [0, 0.05) is 12.2 Å². The number of carbonyl (C=O) groups excluding carboxylic acids is 1. The zero-order chi connectivity index (χ0) is 25.6. The van der Waals surface area contributed by atoms with Crippen LogP contribution in [0.25, 0.3) is 0 Å². The molecule has 0 radical (unpaired) electrons. The average molecular weight is 499 g/mol. The lowest BCUT2D eigenvalue weighted by molar-refractivity contribution is -0.192. The van der Waals surface area contributed by atoms with Gasteiger partial charge in [-0.3, -0.25) is 9.52 Å². The monoisotopic (exact) mass is 498 g/mol. The van der Waals surface area contributed by atoms with Gasteiger partial charge in [0.05, 0.1) is 10.3 Å². The van der Waals surface area contributed by atoms with Crippen molar-refractivity contribution >= 4 is 27.6 Å². The Morgan fingerprint density at radius 1 is 1.09 bits per heavy atom. The molecule has 0 spiro atoms. The predicted octanol–water partition coefficient (Wildman–Crippen LogP) is 4.02. The molecule has 0 aliphatic heterocycles. The molecule has 3 N–H and O–H groups in total. The summed E-state index contributed by atoms with van der Waals surface area (Å²) in [7, 11) is -3.64. The Labute approximate surface area is 195 Å². The van der Waals surface area contributed by atoms with Crippen LogP contribution >= 0.6 is 0 Å². The van der Waals surface area contributed by atoms with Gasteiger partial charge in [-0.1, -0.05) is 37.3 Å². The summed E-state index contributed by atoms with van der Waals surface area (Å²) in [5, 5.41) is 9.97. The zero-order valence-corrected chi connectivity index (χ0v) is 19.2. The minimum Gasteiger partial charge on any atom is -0.475 e. The minimum absolute atomic E-state index is 0.00764. The standard InChI is InChI=1S/C21H24N2O3S.C2HF3O2/c1-3-15-22-20(24)21(13-14-21)17-7-9-18(10-8-17)23-27(25,26)19-11-5-16(4-2)6-12-19;3-2(4,5)1(6)7/h3,5-12,23H,1,4,13-15H2,2H3,(H,22,24);(H,6,7). The second kappa shape index (κ2) is 10.7. The first-order chi connectivity index (χ1) is 15.9. The third kappa shape index (κ3) is 6.83. The molecule has 34 heavy (non-hydrogen) atoms. The van der Waals surface area contributed by atoms with Crippen molar-refractivity contribution in [3.63, 3.8) is 0 Å². The topological polar surface area (TPSA) is 113 Å². The third-order valence-electron chi connectivity index (χ3n) is 5.17. The summed E-state index contributed by atoms with van der Waals surface area (Å²) in [4.78, 5) is 21.5. The molecule has 0 saturated heterocycles. The number of alkyl halides is 3. The highest BCUT2D eigenvalue weighted by Gasteiger charge is 2.50. The Balaban J connectivity index is 0.000000509. The van der Waals surface area contributed by atoms with Gasteiger partial charge in [0.2, 0.25) is 5.91 Å². The predicted molar refractivity (Wildman–Crippen MR) is 121 cm³/mol. The lowest BCUT2D eigenvalue weighted by atomic mass is 9.95. The van der Waals surface area contributed by atoms with Gasteiger partial charge in [-0.15, -0.1) is 6.58 Å². The Kier molecular flexibility index (Phi) is 8.49. The van der Waals surface area contributed by atoms with E-state index in [2.05, 4.69) is 16.6 Å². The molecule has 2 aromatic rings. The van der Waals surface area contributed by atoms with Crippen molar-refractivity contribution in [1.82, 2.24) is 5.32 Å². The first kappa shape index (κ1) is 26.9. The fourth-order valence-corrected chi connectivity index (χ4v) is 4.14. The number of carbonyl (C=O) groups is 2. The Hall–Kier alpha value is -3.34. The number of anilines is 1. The van der Waals surface area contributed by atoms with E-state index < -0.39 is 27.6 Å². The molecule has 1 aliphatic rings. The maximum absolute atomic E-state index is 12.5. The van der Waals surface area contributed by atoms with Gasteiger partial charge >= 0.3 is 12.1 Å². The number of amides is 1. The van der Waals surface area contributed by atoms with E-state index in [4.69, 9.17) is 9.90 Å². The average Bonchev–Trinajstić information content (AvgIpc) is 3.59. The van der Waals surface area contributed by atoms with Crippen LogP contribution in [-0.2, 0) is 31.4 Å². The molecule has 1 saturated carbocycles. The van der Waals surface area contributed by atoms with Crippen LogP contribution in [0.4, 0.5) is 18.9 Å². The normalized spacial score (nSPS) is 14.2. The Morgan fingerprint density at radius 2 is 1.62 bits per heavy atom. The fourth-order valence-electron chi connectivity index (χ4n) is 3.08. The van der Waals surface area contributed by atoms with E-state index in [1.165, 1.54) is 0 Å². The van der Waals surface area contributed by atoms with Crippen molar-refractivity contribution in [1.29, 1.82) is 0 Å². The van der Waals surface area contributed by atoms with Crippen LogP contribution in [-0.4, -0.2) is 38.1 Å². The lowest BCUT2D eigenvalue weighted by Gasteiger charge is -2.16. The molecule has 2 aromatic carbocycles. The van der Waals surface area contributed by atoms with Gasteiger partial charge in [-0.2, -0.15) is 13.2 Å². The molecule has 0 atom stereocenters. The summed E-state index contributed by atoms with van der Waals surface area (Å²) in [6.45, 7) is 6.07. The van der Waals surface area contributed by atoms with Gasteiger partial charge in [0.15, 0.2) is 0 Å². The summed E-state index contributed by atoms with van der Waals surface area (Å²) in [6.07, 6.45) is -0.980. The van der Waals surface area contributed by atoms with Gasteiger partial charge < -0.3 is 10.4 Å². The molecular formula is C23H25F3N2O5S. The number of benzene rings is 2. The van der Waals surface area contributed by atoms with Crippen molar-refractivity contribution in [3.8, 4) is 0 Å². The van der Waals surface area contributed by atoms with Gasteiger partial charge in [0.1, 0.15) is 0 Å². The van der Waals surface area contributed by atoms with Crippen LogP contribution in [0.15, 0.2) is 66.1 Å². The number of aliphatic carboxylic acids is 1. The molecule has 0 heterocycles. The first-order valence-corrected chi connectivity index (χ1v) is 11.8. The van der Waals surface area contributed by atoms with E-state index in [9.17, 15) is 26.4 Å². The van der Waals surface area contributed by atoms with Crippen LogP contribution in [0, 0.1) is 0 Å². The Bertz CT molecular complexity index is 1120. The maximum atomic E-state index is 12.5. The van der Waals surface area contributed by atoms with E-state index in [1.807, 2.05) is 31.2 Å². The lowest BCUT2D eigenvalue weighted by Crippen LogP contribution is -2.34. The molecule has 0 bridgehead atoms. The molecular weight excluding hydrogens is 473 g/mol. The van der Waals surface area contributed by atoms with Crippen molar-refractivity contribution in [2.75, 3.05) is 11.3 Å². The van der Waals surface area contributed by atoms with Gasteiger partial charge in [-0.05, 0) is 54.7 Å². The quantitative estimate of drug-likeness (QED) is 0.476. The highest BCUT2D eigenvalue weighted by molar-refractivity contribution is 7.92. The van der Waals surface area contributed by atoms with Crippen molar-refractivity contribution < 1.29 is 36.3 Å². The molecule has 0 unspecified atom stereocenters. The van der Waals surface area contributed by atoms with E-state index in [1.54, 1.807) is 30.3 Å². The number of hydrogen-bond acceptors (Lipinski definition) is 4. The molecule has 1 amide bonds. The molecule has 7 nitrogen and oxygen atoms in total. The first-order valence-electron chi connectivity index (χ1n) is 10.3. The number of sulfonamides is 1. The fraction of sp³-hybridized carbons (Fsp3) is 0.304. The van der Waals surface area contributed by atoms with Crippen LogP contribution < -0.4 is 10.0 Å². The number of halogens is 3. The van der Waals surface area contributed by atoms with E-state index in [0.29, 0.717) is 12.2 Å². The number of nitrogens with one attached hydrogen (secondary N) is 2. The van der Waals surface area contributed by atoms with Crippen molar-refractivity contribution in [3.05, 3.63) is 72.3 Å². The molecule has 1 fully saturated rings. The van der Waals surface area contributed by atoms with E-state index in [-0.39, 0.29) is 10.8 Å². The smallest absolute Gasteiger partial charge is 0.475 e. The summed E-state index contributed by atoms with van der Waals surface area (Å²) in [6, 6.07) is 13.9. The largest absolute Gasteiger partial charge is 0.490 e. The molecule has 11 heteroatoms. The summed E-state index contributed by atoms with van der Waals surface area (Å²) in [5.41, 5.74) is 1.97.